The topological polar surface area (TPSA) is 70.2 Å². The van der Waals surface area contributed by atoms with Gasteiger partial charge in [-0.15, -0.1) is 0 Å². The Morgan fingerprint density at radius 3 is 2.43 bits per heavy atom. The van der Waals surface area contributed by atoms with Gasteiger partial charge in [-0.3, -0.25) is 4.79 Å². The summed E-state index contributed by atoms with van der Waals surface area (Å²) in [5, 5.41) is 5.94. The van der Waals surface area contributed by atoms with Gasteiger partial charge in [-0.25, -0.2) is 9.97 Å². The summed E-state index contributed by atoms with van der Waals surface area (Å²) in [6, 6.07) is 10.1. The van der Waals surface area contributed by atoms with Crippen LogP contribution in [0.15, 0.2) is 42.7 Å². The highest BCUT2D eigenvalue weighted by Crippen LogP contribution is 2.12. The zero-order valence-corrected chi connectivity index (χ0v) is 13.6. The smallest absolute Gasteiger partial charge is 0.222 e. The molecule has 0 fully saturated rings. The zero-order valence-electron chi connectivity index (χ0n) is 13.6. The summed E-state index contributed by atoms with van der Waals surface area (Å²) in [7, 11) is 4.04. The van der Waals surface area contributed by atoms with Crippen LogP contribution in [0.4, 0.5) is 11.6 Å². The maximum Gasteiger partial charge on any atom is 0.222 e. The van der Waals surface area contributed by atoms with E-state index in [1.807, 2.05) is 14.1 Å². The van der Waals surface area contributed by atoms with Crippen LogP contribution >= 0.6 is 0 Å². The minimum absolute atomic E-state index is 0.0262. The second-order valence-corrected chi connectivity index (χ2v) is 5.41. The van der Waals surface area contributed by atoms with Crippen LogP contribution in [0.5, 0.6) is 0 Å². The zero-order chi connectivity index (χ0) is 16.5. The molecule has 0 unspecified atom stereocenters. The average molecular weight is 313 g/mol. The lowest BCUT2D eigenvalue weighted by Crippen LogP contribution is -2.27. The van der Waals surface area contributed by atoms with E-state index in [9.17, 15) is 4.79 Å². The molecule has 2 rings (SSSR count). The number of nitrogens with one attached hydrogen (secondary N) is 2. The molecule has 2 N–H and O–H groups in total. The number of hydrogen-bond donors (Lipinski definition) is 2. The summed E-state index contributed by atoms with van der Waals surface area (Å²) >= 11 is 0. The molecule has 1 amide bonds. The summed E-state index contributed by atoms with van der Waals surface area (Å²) in [4.78, 5) is 21.9. The van der Waals surface area contributed by atoms with E-state index in [1.54, 1.807) is 18.5 Å². The van der Waals surface area contributed by atoms with E-state index in [0.29, 0.717) is 25.5 Å². The maximum absolute atomic E-state index is 11.8. The van der Waals surface area contributed by atoms with E-state index in [0.717, 1.165) is 6.42 Å². The third-order valence-corrected chi connectivity index (χ3v) is 3.39. The molecule has 6 heteroatoms. The molecule has 0 atom stereocenters. The number of amides is 1. The number of rotatable bonds is 8. The fourth-order valence-corrected chi connectivity index (χ4v) is 2.07. The molecular weight excluding hydrogens is 290 g/mol. The standard InChI is InChI=1S/C17H23N5O/c1-22(2)15-6-4-14(5-7-15)8-12-18-16(23)9-13-21-17-19-10-3-11-20-17/h3-7,10-11H,8-9,12-13H2,1-2H3,(H,18,23)(H,19,20,21). The van der Waals surface area contributed by atoms with Crippen molar-refractivity contribution in [1.29, 1.82) is 0 Å². The normalized spacial score (nSPS) is 10.2. The minimum atomic E-state index is 0.0262. The van der Waals surface area contributed by atoms with Crippen LogP contribution < -0.4 is 15.5 Å². The number of hydrogen-bond acceptors (Lipinski definition) is 5. The maximum atomic E-state index is 11.8. The highest BCUT2D eigenvalue weighted by Gasteiger charge is 2.02. The lowest BCUT2D eigenvalue weighted by Gasteiger charge is -2.12. The largest absolute Gasteiger partial charge is 0.378 e. The van der Waals surface area contributed by atoms with E-state index < -0.39 is 0 Å². The van der Waals surface area contributed by atoms with Gasteiger partial charge < -0.3 is 15.5 Å². The molecule has 0 radical (unpaired) electrons. The predicted molar refractivity (Wildman–Crippen MR) is 92.6 cm³/mol. The van der Waals surface area contributed by atoms with Gasteiger partial charge in [0.15, 0.2) is 0 Å². The van der Waals surface area contributed by atoms with Crippen LogP contribution in [0.2, 0.25) is 0 Å². The van der Waals surface area contributed by atoms with E-state index >= 15 is 0 Å². The molecule has 0 bridgehead atoms. The summed E-state index contributed by atoms with van der Waals surface area (Å²) in [5.74, 6) is 0.569. The van der Waals surface area contributed by atoms with Crippen molar-refractivity contribution in [3.8, 4) is 0 Å². The van der Waals surface area contributed by atoms with Gasteiger partial charge in [0.1, 0.15) is 0 Å². The Morgan fingerprint density at radius 2 is 1.78 bits per heavy atom. The van der Waals surface area contributed by atoms with Crippen molar-refractivity contribution >= 4 is 17.5 Å². The van der Waals surface area contributed by atoms with Crippen molar-refractivity contribution in [2.75, 3.05) is 37.4 Å². The van der Waals surface area contributed by atoms with E-state index in [2.05, 4.69) is 49.8 Å². The average Bonchev–Trinajstić information content (AvgIpc) is 2.56. The van der Waals surface area contributed by atoms with Crippen LogP contribution in [0.3, 0.4) is 0 Å². The predicted octanol–water partition coefficient (Wildman–Crippen LogP) is 1.70. The quantitative estimate of drug-likeness (QED) is 0.776. The third-order valence-electron chi connectivity index (χ3n) is 3.39. The number of benzene rings is 1. The van der Waals surface area contributed by atoms with Crippen molar-refractivity contribution in [3.63, 3.8) is 0 Å². The van der Waals surface area contributed by atoms with Crippen LogP contribution in [0.1, 0.15) is 12.0 Å². The molecule has 6 nitrogen and oxygen atoms in total. The SMILES string of the molecule is CN(C)c1ccc(CCNC(=O)CCNc2ncccn2)cc1. The monoisotopic (exact) mass is 313 g/mol. The van der Waals surface area contributed by atoms with Crippen molar-refractivity contribution in [3.05, 3.63) is 48.3 Å². The molecule has 2 aromatic rings. The van der Waals surface area contributed by atoms with Gasteiger partial charge in [-0.1, -0.05) is 12.1 Å². The second-order valence-electron chi connectivity index (χ2n) is 5.41. The minimum Gasteiger partial charge on any atom is -0.378 e. The third kappa shape index (κ3) is 5.94. The first-order valence-corrected chi connectivity index (χ1v) is 7.69. The summed E-state index contributed by atoms with van der Waals surface area (Å²) in [5.41, 5.74) is 2.39. The molecule has 0 aliphatic heterocycles. The Morgan fingerprint density at radius 1 is 1.09 bits per heavy atom. The molecule has 0 saturated carbocycles. The van der Waals surface area contributed by atoms with Crippen LogP contribution in [-0.2, 0) is 11.2 Å². The van der Waals surface area contributed by atoms with Gasteiger partial charge in [0.2, 0.25) is 11.9 Å². The van der Waals surface area contributed by atoms with Gasteiger partial charge in [0, 0.05) is 51.7 Å². The first kappa shape index (κ1) is 16.7. The van der Waals surface area contributed by atoms with Crippen molar-refractivity contribution < 1.29 is 4.79 Å². The second kappa shape index (κ2) is 8.73. The van der Waals surface area contributed by atoms with E-state index in [4.69, 9.17) is 0 Å². The van der Waals surface area contributed by atoms with Gasteiger partial charge in [-0.2, -0.15) is 0 Å². The van der Waals surface area contributed by atoms with Gasteiger partial charge >= 0.3 is 0 Å². The Balaban J connectivity index is 1.62. The van der Waals surface area contributed by atoms with Crippen molar-refractivity contribution in [2.24, 2.45) is 0 Å². The Bertz CT molecular complexity index is 598. The van der Waals surface area contributed by atoms with Crippen LogP contribution in [-0.4, -0.2) is 43.1 Å². The number of carbonyl (C=O) groups excluding carboxylic acids is 1. The molecule has 1 aromatic heterocycles. The fraction of sp³-hybridized carbons (Fsp3) is 0.353. The first-order chi connectivity index (χ1) is 11.1. The Hall–Kier alpha value is -2.63. The molecule has 23 heavy (non-hydrogen) atoms. The first-order valence-electron chi connectivity index (χ1n) is 7.69. The number of carbonyl (C=O) groups is 1. The van der Waals surface area contributed by atoms with Crippen molar-refractivity contribution in [2.45, 2.75) is 12.8 Å². The molecule has 0 aliphatic carbocycles. The molecule has 0 spiro atoms. The lowest BCUT2D eigenvalue weighted by molar-refractivity contribution is -0.120. The van der Waals surface area contributed by atoms with Gasteiger partial charge in [-0.05, 0) is 30.2 Å². The molecular formula is C17H23N5O. The van der Waals surface area contributed by atoms with E-state index in [1.165, 1.54) is 11.3 Å². The molecule has 1 heterocycles. The Labute approximate surface area is 137 Å². The molecule has 0 aliphatic rings. The number of nitrogens with zero attached hydrogens (tertiary/aromatic N) is 3. The van der Waals surface area contributed by atoms with Crippen molar-refractivity contribution in [1.82, 2.24) is 15.3 Å². The molecule has 122 valence electrons. The molecule has 0 saturated heterocycles. The highest BCUT2D eigenvalue weighted by molar-refractivity contribution is 5.76. The van der Waals surface area contributed by atoms with Crippen LogP contribution in [0.25, 0.3) is 0 Å². The molecule has 1 aromatic carbocycles. The Kier molecular flexibility index (Phi) is 6.35. The van der Waals surface area contributed by atoms with Gasteiger partial charge in [0.25, 0.3) is 0 Å². The summed E-state index contributed by atoms with van der Waals surface area (Å²) in [6.07, 6.45) is 4.56. The fourth-order valence-electron chi connectivity index (χ4n) is 2.07. The lowest BCUT2D eigenvalue weighted by atomic mass is 10.1. The summed E-state index contributed by atoms with van der Waals surface area (Å²) < 4.78 is 0. The number of anilines is 2. The van der Waals surface area contributed by atoms with E-state index in [-0.39, 0.29) is 5.91 Å². The van der Waals surface area contributed by atoms with Crippen LogP contribution in [0, 0.1) is 0 Å². The summed E-state index contributed by atoms with van der Waals surface area (Å²) in [6.45, 7) is 1.16. The van der Waals surface area contributed by atoms with Gasteiger partial charge in [0.05, 0.1) is 0 Å². The number of aromatic nitrogens is 2. The highest BCUT2D eigenvalue weighted by atomic mass is 16.1.